The number of hydrogen-bond acceptors (Lipinski definition) is 3. The van der Waals surface area contributed by atoms with E-state index in [0.29, 0.717) is 12.1 Å². The summed E-state index contributed by atoms with van der Waals surface area (Å²) in [6.45, 7) is 0.947. The van der Waals surface area contributed by atoms with E-state index in [0.717, 1.165) is 18.1 Å². The Bertz CT molecular complexity index is 399. The molecule has 0 saturated carbocycles. The fraction of sp³-hybridized carbons (Fsp3) is 0.417. The standard InChI is InChI=1S/C12H15FN2OS.ClH/c13-9-2-1-3-10(6-9)15-12(16)7-11-8-17-5-4-14-11;/h1-3,6,11,14H,4-5,7-8H2,(H,15,16);1H. The smallest absolute Gasteiger partial charge is 0.225 e. The summed E-state index contributed by atoms with van der Waals surface area (Å²) in [7, 11) is 0. The lowest BCUT2D eigenvalue weighted by Gasteiger charge is -2.22. The van der Waals surface area contributed by atoms with Crippen molar-refractivity contribution >= 4 is 35.8 Å². The van der Waals surface area contributed by atoms with E-state index in [1.54, 1.807) is 12.1 Å². The van der Waals surface area contributed by atoms with E-state index in [9.17, 15) is 9.18 Å². The lowest BCUT2D eigenvalue weighted by molar-refractivity contribution is -0.116. The van der Waals surface area contributed by atoms with E-state index < -0.39 is 0 Å². The number of thioether (sulfide) groups is 1. The molecule has 1 unspecified atom stereocenters. The van der Waals surface area contributed by atoms with Gasteiger partial charge in [-0.1, -0.05) is 6.07 Å². The number of rotatable bonds is 3. The van der Waals surface area contributed by atoms with E-state index in [1.165, 1.54) is 12.1 Å². The van der Waals surface area contributed by atoms with E-state index in [2.05, 4.69) is 10.6 Å². The molecule has 0 radical (unpaired) electrons. The Labute approximate surface area is 116 Å². The summed E-state index contributed by atoms with van der Waals surface area (Å²) < 4.78 is 12.9. The number of carbonyl (C=O) groups is 1. The third kappa shape index (κ3) is 4.84. The van der Waals surface area contributed by atoms with Gasteiger partial charge in [0.2, 0.25) is 5.91 Å². The average molecular weight is 291 g/mol. The van der Waals surface area contributed by atoms with E-state index in [-0.39, 0.29) is 30.2 Å². The third-order valence-electron chi connectivity index (χ3n) is 2.54. The Hall–Kier alpha value is -0.780. The molecular weight excluding hydrogens is 275 g/mol. The van der Waals surface area contributed by atoms with Gasteiger partial charge in [0.05, 0.1) is 0 Å². The highest BCUT2D eigenvalue weighted by molar-refractivity contribution is 7.99. The average Bonchev–Trinajstić information content (AvgIpc) is 2.30. The molecule has 0 bridgehead atoms. The first kappa shape index (κ1) is 15.3. The van der Waals surface area contributed by atoms with Gasteiger partial charge < -0.3 is 10.6 Å². The van der Waals surface area contributed by atoms with Gasteiger partial charge in [-0.05, 0) is 18.2 Å². The molecule has 18 heavy (non-hydrogen) atoms. The molecule has 2 rings (SSSR count). The molecule has 2 N–H and O–H groups in total. The molecule has 0 aromatic heterocycles. The summed E-state index contributed by atoms with van der Waals surface area (Å²) in [5.41, 5.74) is 0.512. The van der Waals surface area contributed by atoms with Crippen LogP contribution in [0.2, 0.25) is 0 Å². The van der Waals surface area contributed by atoms with Gasteiger partial charge in [-0.3, -0.25) is 4.79 Å². The van der Waals surface area contributed by atoms with Gasteiger partial charge in [-0.15, -0.1) is 12.4 Å². The summed E-state index contributed by atoms with van der Waals surface area (Å²) in [6.07, 6.45) is 0.434. The van der Waals surface area contributed by atoms with E-state index in [1.807, 2.05) is 11.8 Å². The van der Waals surface area contributed by atoms with Crippen molar-refractivity contribution in [2.45, 2.75) is 12.5 Å². The second kappa shape index (κ2) is 7.61. The maximum absolute atomic E-state index is 12.9. The zero-order chi connectivity index (χ0) is 12.1. The van der Waals surface area contributed by atoms with Crippen LogP contribution in [-0.2, 0) is 4.79 Å². The number of carbonyl (C=O) groups excluding carboxylic acids is 1. The van der Waals surface area contributed by atoms with Gasteiger partial charge in [-0.2, -0.15) is 11.8 Å². The topological polar surface area (TPSA) is 41.1 Å². The van der Waals surface area contributed by atoms with Crippen LogP contribution in [0.3, 0.4) is 0 Å². The maximum Gasteiger partial charge on any atom is 0.225 e. The Kier molecular flexibility index (Phi) is 6.46. The molecule has 1 atom stereocenters. The van der Waals surface area contributed by atoms with Gasteiger partial charge in [0.15, 0.2) is 0 Å². The zero-order valence-corrected chi connectivity index (χ0v) is 11.5. The molecule has 1 aliphatic heterocycles. The summed E-state index contributed by atoms with van der Waals surface area (Å²) in [5.74, 6) is 1.64. The number of anilines is 1. The molecule has 0 aliphatic carbocycles. The van der Waals surface area contributed by atoms with Gasteiger partial charge in [0.1, 0.15) is 5.82 Å². The van der Waals surface area contributed by atoms with E-state index >= 15 is 0 Å². The molecule has 1 aliphatic rings. The molecule has 6 heteroatoms. The second-order valence-corrected chi connectivity index (χ2v) is 5.14. The minimum Gasteiger partial charge on any atom is -0.326 e. The minimum absolute atomic E-state index is 0. The second-order valence-electron chi connectivity index (χ2n) is 3.99. The number of hydrogen-bond donors (Lipinski definition) is 2. The van der Waals surface area contributed by atoms with Gasteiger partial charge in [-0.25, -0.2) is 4.39 Å². The molecule has 1 heterocycles. The van der Waals surface area contributed by atoms with Crippen molar-refractivity contribution in [3.05, 3.63) is 30.1 Å². The number of halogens is 2. The number of nitrogens with one attached hydrogen (secondary N) is 2. The first-order chi connectivity index (χ1) is 8.24. The predicted molar refractivity (Wildman–Crippen MR) is 76.0 cm³/mol. The highest BCUT2D eigenvalue weighted by atomic mass is 35.5. The normalized spacial score (nSPS) is 18.8. The first-order valence-electron chi connectivity index (χ1n) is 5.60. The van der Waals surface area contributed by atoms with Crippen LogP contribution in [0.15, 0.2) is 24.3 Å². The van der Waals surface area contributed by atoms with Crippen molar-refractivity contribution in [1.82, 2.24) is 5.32 Å². The minimum atomic E-state index is -0.339. The van der Waals surface area contributed by atoms with Crippen LogP contribution >= 0.6 is 24.2 Å². The molecule has 1 saturated heterocycles. The number of benzene rings is 1. The number of amides is 1. The Morgan fingerprint density at radius 2 is 2.39 bits per heavy atom. The fourth-order valence-electron chi connectivity index (χ4n) is 1.75. The van der Waals surface area contributed by atoms with Crippen LogP contribution < -0.4 is 10.6 Å². The van der Waals surface area contributed by atoms with E-state index in [4.69, 9.17) is 0 Å². The fourth-order valence-corrected chi connectivity index (χ4v) is 2.70. The van der Waals surface area contributed by atoms with Crippen molar-refractivity contribution in [2.24, 2.45) is 0 Å². The highest BCUT2D eigenvalue weighted by Gasteiger charge is 2.16. The van der Waals surface area contributed by atoms with Crippen LogP contribution in [0.5, 0.6) is 0 Å². The molecule has 1 aromatic rings. The van der Waals surface area contributed by atoms with Gasteiger partial charge in [0, 0.05) is 36.2 Å². The van der Waals surface area contributed by atoms with Crippen LogP contribution in [0.1, 0.15) is 6.42 Å². The third-order valence-corrected chi connectivity index (χ3v) is 3.67. The van der Waals surface area contributed by atoms with Crippen molar-refractivity contribution < 1.29 is 9.18 Å². The lowest BCUT2D eigenvalue weighted by Crippen LogP contribution is -2.39. The predicted octanol–water partition coefficient (Wildman–Crippen LogP) is 2.28. The molecule has 3 nitrogen and oxygen atoms in total. The van der Waals surface area contributed by atoms with Crippen molar-refractivity contribution in [2.75, 3.05) is 23.4 Å². The maximum atomic E-state index is 12.9. The summed E-state index contributed by atoms with van der Waals surface area (Å²) in [4.78, 5) is 11.7. The summed E-state index contributed by atoms with van der Waals surface area (Å²) in [5, 5.41) is 5.99. The van der Waals surface area contributed by atoms with Crippen LogP contribution in [0.4, 0.5) is 10.1 Å². The Morgan fingerprint density at radius 3 is 3.06 bits per heavy atom. The SMILES string of the molecule is Cl.O=C(CC1CSCCN1)Nc1cccc(F)c1. The van der Waals surface area contributed by atoms with Gasteiger partial charge in [0.25, 0.3) is 0 Å². The Morgan fingerprint density at radius 1 is 1.56 bits per heavy atom. The van der Waals surface area contributed by atoms with Crippen LogP contribution in [0, 0.1) is 5.82 Å². The molecular formula is C12H16ClFN2OS. The highest BCUT2D eigenvalue weighted by Crippen LogP contribution is 2.13. The largest absolute Gasteiger partial charge is 0.326 e. The molecule has 1 aromatic carbocycles. The van der Waals surface area contributed by atoms with Crippen LogP contribution in [0.25, 0.3) is 0 Å². The molecule has 1 amide bonds. The monoisotopic (exact) mass is 290 g/mol. The lowest BCUT2D eigenvalue weighted by atomic mass is 10.2. The summed E-state index contributed by atoms with van der Waals surface area (Å²) in [6, 6.07) is 6.17. The first-order valence-corrected chi connectivity index (χ1v) is 6.76. The van der Waals surface area contributed by atoms with Crippen LogP contribution in [-0.4, -0.2) is 30.0 Å². The molecule has 1 fully saturated rings. The molecule has 100 valence electrons. The zero-order valence-electron chi connectivity index (χ0n) is 9.82. The Balaban J connectivity index is 0.00000162. The quantitative estimate of drug-likeness (QED) is 0.897. The molecule has 0 spiro atoms. The van der Waals surface area contributed by atoms with Crippen molar-refractivity contribution in [3.63, 3.8) is 0 Å². The summed E-state index contributed by atoms with van der Waals surface area (Å²) >= 11 is 1.85. The van der Waals surface area contributed by atoms with Crippen molar-refractivity contribution in [1.29, 1.82) is 0 Å². The van der Waals surface area contributed by atoms with Crippen molar-refractivity contribution in [3.8, 4) is 0 Å². The van der Waals surface area contributed by atoms with Gasteiger partial charge >= 0.3 is 0 Å².